The van der Waals surface area contributed by atoms with E-state index in [4.69, 9.17) is 5.26 Å². The van der Waals surface area contributed by atoms with Crippen LogP contribution in [0.5, 0.6) is 0 Å². The van der Waals surface area contributed by atoms with Crippen molar-refractivity contribution in [3.05, 3.63) is 11.6 Å². The van der Waals surface area contributed by atoms with Gasteiger partial charge in [-0.1, -0.05) is 18.6 Å². The van der Waals surface area contributed by atoms with Crippen molar-refractivity contribution in [2.24, 2.45) is 5.92 Å². The molecular weight excluding hydrogens is 122 g/mol. The van der Waals surface area contributed by atoms with Crippen LogP contribution in [-0.2, 0) is 0 Å². The summed E-state index contributed by atoms with van der Waals surface area (Å²) in [6.45, 7) is 6.17. The molecule has 0 radical (unpaired) electrons. The molecule has 0 aliphatic rings. The minimum atomic E-state index is 0.217. The zero-order valence-electron chi connectivity index (χ0n) is 7.02. The van der Waals surface area contributed by atoms with Crippen LogP contribution >= 0.6 is 0 Å². The summed E-state index contributed by atoms with van der Waals surface area (Å²) in [5.74, 6) is 0.217. The van der Waals surface area contributed by atoms with Gasteiger partial charge in [0.25, 0.3) is 0 Å². The van der Waals surface area contributed by atoms with Crippen molar-refractivity contribution in [3.63, 3.8) is 0 Å². The van der Waals surface area contributed by atoms with Gasteiger partial charge >= 0.3 is 0 Å². The molecule has 0 saturated heterocycles. The summed E-state index contributed by atoms with van der Waals surface area (Å²) in [5, 5.41) is 8.56. The Morgan fingerprint density at radius 2 is 2.20 bits per heavy atom. The number of rotatable bonds is 3. The van der Waals surface area contributed by atoms with Crippen LogP contribution in [0.15, 0.2) is 11.6 Å². The summed E-state index contributed by atoms with van der Waals surface area (Å²) >= 11 is 0. The Morgan fingerprint density at radius 3 is 2.50 bits per heavy atom. The molecule has 0 aromatic rings. The average Bonchev–Trinajstić information content (AvgIpc) is 1.90. The highest BCUT2D eigenvalue weighted by atomic mass is 14.3. The van der Waals surface area contributed by atoms with E-state index in [1.165, 1.54) is 5.57 Å². The van der Waals surface area contributed by atoms with Crippen LogP contribution in [0, 0.1) is 17.2 Å². The van der Waals surface area contributed by atoms with Crippen LogP contribution in [0.4, 0.5) is 0 Å². The van der Waals surface area contributed by atoms with Gasteiger partial charge in [0.1, 0.15) is 0 Å². The minimum Gasteiger partial charge on any atom is -0.198 e. The largest absolute Gasteiger partial charge is 0.198 e. The van der Waals surface area contributed by atoms with Gasteiger partial charge < -0.3 is 0 Å². The van der Waals surface area contributed by atoms with E-state index in [1.807, 2.05) is 6.92 Å². The number of hydrogen-bond acceptors (Lipinski definition) is 1. The summed E-state index contributed by atoms with van der Waals surface area (Å²) in [6.07, 6.45) is 3.99. The molecule has 0 N–H and O–H groups in total. The van der Waals surface area contributed by atoms with E-state index in [2.05, 4.69) is 26.0 Å². The lowest BCUT2D eigenvalue weighted by Gasteiger charge is -1.99. The lowest BCUT2D eigenvalue weighted by molar-refractivity contribution is 0.650. The number of allylic oxidation sites excluding steroid dienone is 2. The van der Waals surface area contributed by atoms with Gasteiger partial charge in [-0.05, 0) is 26.7 Å². The molecule has 0 spiro atoms. The summed E-state index contributed by atoms with van der Waals surface area (Å²) in [7, 11) is 0. The molecule has 0 bridgehead atoms. The number of nitrogens with zero attached hydrogens (tertiary/aromatic N) is 1. The normalized spacial score (nSPS) is 11.8. The van der Waals surface area contributed by atoms with Gasteiger partial charge in [-0.3, -0.25) is 0 Å². The fourth-order valence-electron chi connectivity index (χ4n) is 0.689. The molecule has 0 aromatic carbocycles. The van der Waals surface area contributed by atoms with Crippen LogP contribution < -0.4 is 0 Å². The van der Waals surface area contributed by atoms with Crippen LogP contribution in [0.2, 0.25) is 0 Å². The van der Waals surface area contributed by atoms with Crippen LogP contribution in [0.3, 0.4) is 0 Å². The third-order valence-corrected chi connectivity index (χ3v) is 1.49. The molecule has 0 aromatic heterocycles. The van der Waals surface area contributed by atoms with Gasteiger partial charge in [-0.15, -0.1) is 0 Å². The lowest BCUT2D eigenvalue weighted by atomic mass is 10.0. The Morgan fingerprint density at radius 1 is 1.60 bits per heavy atom. The Hall–Kier alpha value is -0.770. The first-order valence-corrected chi connectivity index (χ1v) is 3.73. The van der Waals surface area contributed by atoms with Crippen molar-refractivity contribution in [3.8, 4) is 6.07 Å². The molecule has 0 rings (SSSR count). The van der Waals surface area contributed by atoms with E-state index in [0.29, 0.717) is 0 Å². The first-order valence-electron chi connectivity index (χ1n) is 3.73. The predicted octanol–water partition coefficient (Wildman–Crippen LogP) is 2.89. The summed E-state index contributed by atoms with van der Waals surface area (Å²) in [6, 6.07) is 2.26. The van der Waals surface area contributed by atoms with Crippen molar-refractivity contribution in [2.75, 3.05) is 0 Å². The number of hydrogen-bond donors (Lipinski definition) is 0. The standard InChI is InChI=1S/C9H15N/c1-4-9(7-10)6-5-8(2)3/h5,9H,4,6H2,1-3H3. The fourth-order valence-corrected chi connectivity index (χ4v) is 0.689. The molecule has 0 aliphatic carbocycles. The molecule has 0 heterocycles. The van der Waals surface area contributed by atoms with Crippen molar-refractivity contribution in [1.82, 2.24) is 0 Å². The topological polar surface area (TPSA) is 23.8 Å². The van der Waals surface area contributed by atoms with E-state index in [0.717, 1.165) is 12.8 Å². The second kappa shape index (κ2) is 5.05. The van der Waals surface area contributed by atoms with E-state index in [-0.39, 0.29) is 5.92 Å². The third-order valence-electron chi connectivity index (χ3n) is 1.49. The van der Waals surface area contributed by atoms with Gasteiger partial charge in [0.2, 0.25) is 0 Å². The van der Waals surface area contributed by atoms with Crippen molar-refractivity contribution in [1.29, 1.82) is 5.26 Å². The van der Waals surface area contributed by atoms with Crippen molar-refractivity contribution in [2.45, 2.75) is 33.6 Å². The van der Waals surface area contributed by atoms with Crippen molar-refractivity contribution >= 4 is 0 Å². The average molecular weight is 137 g/mol. The van der Waals surface area contributed by atoms with Gasteiger partial charge in [0, 0.05) is 5.92 Å². The summed E-state index contributed by atoms with van der Waals surface area (Å²) in [4.78, 5) is 0. The number of nitriles is 1. The Kier molecular flexibility index (Phi) is 4.66. The Bertz CT molecular complexity index is 147. The Balaban J connectivity index is 3.68. The van der Waals surface area contributed by atoms with Gasteiger partial charge in [0.05, 0.1) is 6.07 Å². The smallest absolute Gasteiger partial charge is 0.0658 e. The second-order valence-electron chi connectivity index (χ2n) is 2.75. The monoisotopic (exact) mass is 137 g/mol. The molecular formula is C9H15N. The van der Waals surface area contributed by atoms with Crippen LogP contribution in [-0.4, -0.2) is 0 Å². The predicted molar refractivity (Wildman–Crippen MR) is 43.4 cm³/mol. The van der Waals surface area contributed by atoms with E-state index >= 15 is 0 Å². The Labute approximate surface area is 63.4 Å². The first kappa shape index (κ1) is 9.23. The van der Waals surface area contributed by atoms with Crippen molar-refractivity contribution < 1.29 is 0 Å². The molecule has 0 fully saturated rings. The maximum absolute atomic E-state index is 8.56. The first-order chi connectivity index (χ1) is 4.70. The summed E-state index contributed by atoms with van der Waals surface area (Å²) in [5.41, 5.74) is 1.30. The van der Waals surface area contributed by atoms with Gasteiger partial charge in [0.15, 0.2) is 0 Å². The fraction of sp³-hybridized carbons (Fsp3) is 0.667. The maximum Gasteiger partial charge on any atom is 0.0658 e. The highest BCUT2D eigenvalue weighted by Crippen LogP contribution is 2.08. The van der Waals surface area contributed by atoms with E-state index < -0.39 is 0 Å². The molecule has 1 nitrogen and oxygen atoms in total. The minimum absolute atomic E-state index is 0.217. The quantitative estimate of drug-likeness (QED) is 0.549. The zero-order valence-corrected chi connectivity index (χ0v) is 7.02. The molecule has 1 unspecified atom stereocenters. The highest BCUT2D eigenvalue weighted by molar-refractivity contribution is 4.97. The van der Waals surface area contributed by atoms with Gasteiger partial charge in [-0.25, -0.2) is 0 Å². The molecule has 0 aliphatic heterocycles. The molecule has 0 amide bonds. The SMILES string of the molecule is CCC(C#N)CC=C(C)C. The molecule has 1 heteroatoms. The molecule has 56 valence electrons. The molecule has 0 saturated carbocycles. The maximum atomic E-state index is 8.56. The summed E-state index contributed by atoms with van der Waals surface area (Å²) < 4.78 is 0. The molecule has 1 atom stereocenters. The lowest BCUT2D eigenvalue weighted by Crippen LogP contribution is -1.91. The zero-order chi connectivity index (χ0) is 7.98. The second-order valence-corrected chi connectivity index (χ2v) is 2.75. The van der Waals surface area contributed by atoms with E-state index in [1.54, 1.807) is 0 Å². The molecule has 10 heavy (non-hydrogen) atoms. The van der Waals surface area contributed by atoms with Gasteiger partial charge in [-0.2, -0.15) is 5.26 Å². The highest BCUT2D eigenvalue weighted by Gasteiger charge is 1.99. The van der Waals surface area contributed by atoms with E-state index in [9.17, 15) is 0 Å². The van der Waals surface area contributed by atoms with Crippen LogP contribution in [0.1, 0.15) is 33.6 Å². The van der Waals surface area contributed by atoms with Crippen LogP contribution in [0.25, 0.3) is 0 Å². The third kappa shape index (κ3) is 4.14.